The first-order valence-electron chi connectivity index (χ1n) is 8.31. The fourth-order valence-corrected chi connectivity index (χ4v) is 2.59. The Labute approximate surface area is 154 Å². The fraction of sp³-hybridized carbons (Fsp3) is 0.529. The highest BCUT2D eigenvalue weighted by molar-refractivity contribution is 7.80. The predicted molar refractivity (Wildman–Crippen MR) is 103 cm³/mol. The lowest BCUT2D eigenvalue weighted by Crippen LogP contribution is -2.39. The van der Waals surface area contributed by atoms with Crippen LogP contribution in [-0.2, 0) is 4.74 Å². The molecule has 0 atom stereocenters. The van der Waals surface area contributed by atoms with Crippen LogP contribution in [0.2, 0.25) is 0 Å². The van der Waals surface area contributed by atoms with Gasteiger partial charge in [-0.05, 0) is 37.3 Å². The quantitative estimate of drug-likeness (QED) is 0.310. The van der Waals surface area contributed by atoms with Crippen LogP contribution in [0.5, 0.6) is 11.5 Å². The standard InChI is InChI=1S/C17H26N4O3S/c1-22-15-10-14(11-16(12-15)23-2)13-19-20-17(25)18-4-3-5-21-6-8-24-9-7-21/h10-13H,3-9H2,1-2H3,(H2,18,20,25)/b19-13+. The molecule has 0 amide bonds. The molecule has 1 fully saturated rings. The summed E-state index contributed by atoms with van der Waals surface area (Å²) in [6.07, 6.45) is 2.70. The molecule has 1 aromatic rings. The van der Waals surface area contributed by atoms with Gasteiger partial charge in [0.2, 0.25) is 0 Å². The number of hydrogen-bond acceptors (Lipinski definition) is 6. The lowest BCUT2D eigenvalue weighted by Gasteiger charge is -2.26. The first-order chi connectivity index (χ1) is 12.2. The summed E-state index contributed by atoms with van der Waals surface area (Å²) in [6.45, 7) is 5.54. The van der Waals surface area contributed by atoms with E-state index in [1.54, 1.807) is 20.4 Å². The molecule has 1 heterocycles. The maximum absolute atomic E-state index is 5.33. The van der Waals surface area contributed by atoms with E-state index in [0.29, 0.717) is 16.6 Å². The molecule has 0 saturated carbocycles. The Hall–Kier alpha value is -1.90. The number of rotatable bonds is 8. The molecule has 1 aromatic carbocycles. The zero-order valence-electron chi connectivity index (χ0n) is 14.8. The van der Waals surface area contributed by atoms with E-state index in [2.05, 4.69) is 20.7 Å². The van der Waals surface area contributed by atoms with E-state index >= 15 is 0 Å². The molecule has 138 valence electrons. The third-order valence-corrected chi connectivity index (χ3v) is 4.03. The Kier molecular flexibility index (Phi) is 8.44. The molecule has 0 unspecified atom stereocenters. The highest BCUT2D eigenvalue weighted by atomic mass is 32.1. The van der Waals surface area contributed by atoms with Crippen LogP contribution in [0.15, 0.2) is 23.3 Å². The summed E-state index contributed by atoms with van der Waals surface area (Å²) in [6, 6.07) is 5.55. The number of methoxy groups -OCH3 is 2. The van der Waals surface area contributed by atoms with Gasteiger partial charge in [-0.25, -0.2) is 0 Å². The van der Waals surface area contributed by atoms with Crippen LogP contribution in [0.4, 0.5) is 0 Å². The highest BCUT2D eigenvalue weighted by Gasteiger charge is 2.09. The normalized spacial score (nSPS) is 15.1. The summed E-state index contributed by atoms with van der Waals surface area (Å²) in [5, 5.41) is 7.80. The molecule has 8 heteroatoms. The van der Waals surface area contributed by atoms with Crippen LogP contribution in [0, 0.1) is 0 Å². The molecular formula is C17H26N4O3S. The van der Waals surface area contributed by atoms with Crippen molar-refractivity contribution in [2.24, 2.45) is 5.10 Å². The number of hydrogen-bond donors (Lipinski definition) is 2. The number of nitrogens with one attached hydrogen (secondary N) is 2. The summed E-state index contributed by atoms with van der Waals surface area (Å²) < 4.78 is 15.8. The van der Waals surface area contributed by atoms with E-state index in [9.17, 15) is 0 Å². The number of hydrazone groups is 1. The number of thiocarbonyl (C=S) groups is 1. The molecule has 1 aliphatic heterocycles. The smallest absolute Gasteiger partial charge is 0.186 e. The first-order valence-corrected chi connectivity index (χ1v) is 8.72. The van der Waals surface area contributed by atoms with E-state index in [1.165, 1.54) is 0 Å². The van der Waals surface area contributed by atoms with Gasteiger partial charge in [-0.15, -0.1) is 0 Å². The van der Waals surface area contributed by atoms with E-state index < -0.39 is 0 Å². The predicted octanol–water partition coefficient (Wildman–Crippen LogP) is 1.22. The lowest BCUT2D eigenvalue weighted by molar-refractivity contribution is 0.0376. The third-order valence-electron chi connectivity index (χ3n) is 3.79. The van der Waals surface area contributed by atoms with E-state index in [-0.39, 0.29) is 0 Å². The van der Waals surface area contributed by atoms with Crippen molar-refractivity contribution in [1.29, 1.82) is 0 Å². The van der Waals surface area contributed by atoms with Gasteiger partial charge in [0, 0.05) is 31.3 Å². The molecule has 2 N–H and O–H groups in total. The summed E-state index contributed by atoms with van der Waals surface area (Å²) in [4.78, 5) is 2.40. The van der Waals surface area contributed by atoms with E-state index in [4.69, 9.17) is 26.4 Å². The van der Waals surface area contributed by atoms with Crippen molar-refractivity contribution in [3.63, 3.8) is 0 Å². The number of morpholine rings is 1. The van der Waals surface area contributed by atoms with Crippen LogP contribution in [-0.4, -0.2) is 69.8 Å². The minimum Gasteiger partial charge on any atom is -0.497 e. The second-order valence-corrected chi connectivity index (χ2v) is 5.99. The fourth-order valence-electron chi connectivity index (χ4n) is 2.44. The molecule has 2 rings (SSSR count). The van der Waals surface area contributed by atoms with Crippen LogP contribution in [0.3, 0.4) is 0 Å². The molecule has 0 aromatic heterocycles. The maximum Gasteiger partial charge on any atom is 0.186 e. The molecule has 0 radical (unpaired) electrons. The average molecular weight is 366 g/mol. The van der Waals surface area contributed by atoms with Crippen LogP contribution >= 0.6 is 12.2 Å². The zero-order valence-corrected chi connectivity index (χ0v) is 15.6. The van der Waals surface area contributed by atoms with E-state index in [1.807, 2.05) is 18.2 Å². The van der Waals surface area contributed by atoms with Gasteiger partial charge in [-0.1, -0.05) is 0 Å². The summed E-state index contributed by atoms with van der Waals surface area (Å²) in [5.41, 5.74) is 3.68. The first kappa shape index (κ1) is 19.4. The average Bonchev–Trinajstić information content (AvgIpc) is 2.65. The van der Waals surface area contributed by atoms with Crippen molar-refractivity contribution < 1.29 is 14.2 Å². The summed E-state index contributed by atoms with van der Waals surface area (Å²) in [7, 11) is 3.23. The van der Waals surface area contributed by atoms with Crippen molar-refractivity contribution in [1.82, 2.24) is 15.6 Å². The Morgan fingerprint density at radius 2 is 1.92 bits per heavy atom. The molecule has 0 bridgehead atoms. The molecule has 0 aliphatic carbocycles. The second-order valence-electron chi connectivity index (χ2n) is 5.58. The Bertz CT molecular complexity index is 555. The number of benzene rings is 1. The zero-order chi connectivity index (χ0) is 17.9. The molecule has 25 heavy (non-hydrogen) atoms. The Morgan fingerprint density at radius 3 is 2.56 bits per heavy atom. The topological polar surface area (TPSA) is 67.4 Å². The molecule has 7 nitrogen and oxygen atoms in total. The van der Waals surface area contributed by atoms with Crippen molar-refractivity contribution in [2.45, 2.75) is 6.42 Å². The number of ether oxygens (including phenoxy) is 3. The Balaban J connectivity index is 1.67. The SMILES string of the molecule is COc1cc(/C=N/NC(=S)NCCCN2CCOCC2)cc(OC)c1. The van der Waals surface area contributed by atoms with Gasteiger partial charge >= 0.3 is 0 Å². The van der Waals surface area contributed by atoms with Crippen LogP contribution < -0.4 is 20.2 Å². The monoisotopic (exact) mass is 366 g/mol. The van der Waals surface area contributed by atoms with Gasteiger partial charge in [-0.2, -0.15) is 5.10 Å². The maximum atomic E-state index is 5.33. The van der Waals surface area contributed by atoms with Crippen molar-refractivity contribution in [3.05, 3.63) is 23.8 Å². The van der Waals surface area contributed by atoms with Crippen LogP contribution in [0.25, 0.3) is 0 Å². The van der Waals surface area contributed by atoms with Crippen molar-refractivity contribution in [3.8, 4) is 11.5 Å². The van der Waals surface area contributed by atoms with Crippen molar-refractivity contribution in [2.75, 3.05) is 53.6 Å². The molecule has 0 spiro atoms. The number of nitrogens with zero attached hydrogens (tertiary/aromatic N) is 2. The van der Waals surface area contributed by atoms with Crippen molar-refractivity contribution >= 4 is 23.5 Å². The van der Waals surface area contributed by atoms with Gasteiger partial charge in [-0.3, -0.25) is 10.3 Å². The molecular weight excluding hydrogens is 340 g/mol. The molecule has 1 aliphatic rings. The van der Waals surface area contributed by atoms with Gasteiger partial charge in [0.25, 0.3) is 0 Å². The van der Waals surface area contributed by atoms with Gasteiger partial charge < -0.3 is 19.5 Å². The Morgan fingerprint density at radius 1 is 1.24 bits per heavy atom. The summed E-state index contributed by atoms with van der Waals surface area (Å²) >= 11 is 5.22. The second kappa shape index (κ2) is 10.9. The largest absolute Gasteiger partial charge is 0.497 e. The third kappa shape index (κ3) is 7.25. The van der Waals surface area contributed by atoms with E-state index in [0.717, 1.165) is 51.4 Å². The molecule has 1 saturated heterocycles. The van der Waals surface area contributed by atoms with Gasteiger partial charge in [0.1, 0.15) is 11.5 Å². The van der Waals surface area contributed by atoms with Gasteiger partial charge in [0.05, 0.1) is 33.6 Å². The lowest BCUT2D eigenvalue weighted by atomic mass is 10.2. The highest BCUT2D eigenvalue weighted by Crippen LogP contribution is 2.21. The van der Waals surface area contributed by atoms with Gasteiger partial charge in [0.15, 0.2) is 5.11 Å². The van der Waals surface area contributed by atoms with Crippen LogP contribution in [0.1, 0.15) is 12.0 Å². The minimum absolute atomic E-state index is 0.507. The minimum atomic E-state index is 0.507. The summed E-state index contributed by atoms with van der Waals surface area (Å²) in [5.74, 6) is 1.43.